The second-order valence-electron chi connectivity index (χ2n) is 12.1. The van der Waals surface area contributed by atoms with Gasteiger partial charge in [-0.15, -0.1) is 0 Å². The van der Waals surface area contributed by atoms with Crippen LogP contribution in [0.25, 0.3) is 6.08 Å². The van der Waals surface area contributed by atoms with Crippen LogP contribution >= 0.6 is 46.4 Å². The van der Waals surface area contributed by atoms with Gasteiger partial charge in [-0.3, -0.25) is 19.4 Å². The van der Waals surface area contributed by atoms with Gasteiger partial charge in [0.15, 0.2) is 12.1 Å². The van der Waals surface area contributed by atoms with Crippen LogP contribution in [0.5, 0.6) is 0 Å². The number of aryl methyl sites for hydroxylation is 2. The highest BCUT2D eigenvalue weighted by Crippen LogP contribution is 2.47. The third-order valence-electron chi connectivity index (χ3n) is 9.15. The highest BCUT2D eigenvalue weighted by Gasteiger charge is 2.56. The third kappa shape index (κ3) is 5.53. The maximum atomic E-state index is 14.2. The number of benzene rings is 3. The first kappa shape index (κ1) is 31.8. The highest BCUT2D eigenvalue weighted by atomic mass is 35.5. The van der Waals surface area contributed by atoms with E-state index in [0.717, 1.165) is 47.2 Å². The highest BCUT2D eigenvalue weighted by molar-refractivity contribution is 6.36. The molecule has 0 N–H and O–H groups in total. The van der Waals surface area contributed by atoms with E-state index in [9.17, 15) is 14.4 Å². The molecule has 1 saturated carbocycles. The normalized spacial score (nSPS) is 24.3. The zero-order chi connectivity index (χ0) is 33.1. The second-order valence-corrected chi connectivity index (χ2v) is 13.8. The molecule has 3 amide bonds. The molecule has 0 bridgehead atoms. The van der Waals surface area contributed by atoms with Crippen molar-refractivity contribution in [3.63, 3.8) is 0 Å². The molecule has 3 heterocycles. The van der Waals surface area contributed by atoms with E-state index in [0.29, 0.717) is 31.3 Å². The first-order valence-corrected chi connectivity index (χ1v) is 16.7. The summed E-state index contributed by atoms with van der Waals surface area (Å²) >= 11 is 25.6. The predicted molar refractivity (Wildman–Crippen MR) is 183 cm³/mol. The Labute approximate surface area is 291 Å². The second kappa shape index (κ2) is 12.4. The molecular formula is C34H28Cl4N6O3. The average molecular weight is 710 g/mol. The Hall–Kier alpha value is -3.76. The smallest absolute Gasteiger partial charge is 0.264 e. The van der Waals surface area contributed by atoms with Gasteiger partial charge in [-0.2, -0.15) is 10.2 Å². The fraction of sp³-hybridized carbons (Fsp3) is 0.294. The number of allylic oxidation sites excluding steroid dienone is 1. The minimum Gasteiger partial charge on any atom is -0.271 e. The summed E-state index contributed by atoms with van der Waals surface area (Å²) in [6, 6.07) is 13.5. The van der Waals surface area contributed by atoms with Crippen molar-refractivity contribution in [3.8, 4) is 0 Å². The molecule has 9 nitrogen and oxygen atoms in total. The number of carbonyl (C=O) groups excluding carboxylic acids is 3. The zero-order valence-electron chi connectivity index (χ0n) is 25.3. The van der Waals surface area contributed by atoms with Crippen LogP contribution in [0.1, 0.15) is 47.6 Å². The predicted octanol–water partition coefficient (Wildman–Crippen LogP) is 8.03. The maximum absolute atomic E-state index is 14.2. The number of imide groups is 1. The van der Waals surface area contributed by atoms with Crippen LogP contribution in [0.3, 0.4) is 0 Å². The summed E-state index contributed by atoms with van der Waals surface area (Å²) in [6.07, 6.45) is 4.36. The number of rotatable bonds is 5. The molecule has 47 heavy (non-hydrogen) atoms. The first-order valence-electron chi connectivity index (χ1n) is 15.2. The van der Waals surface area contributed by atoms with Gasteiger partial charge in [0.25, 0.3) is 17.7 Å². The average Bonchev–Trinajstić information content (AvgIpc) is 3.69. The summed E-state index contributed by atoms with van der Waals surface area (Å²) in [6.45, 7) is 3.37. The number of carbonyl (C=O) groups is 3. The topological polar surface area (TPSA) is 98.0 Å². The van der Waals surface area contributed by atoms with Crippen LogP contribution in [-0.2, 0) is 14.4 Å². The van der Waals surface area contributed by atoms with Gasteiger partial charge in [-0.05, 0) is 91.3 Å². The summed E-state index contributed by atoms with van der Waals surface area (Å²) in [5.74, 6) is -1.52. The minimum atomic E-state index is -1.04. The Morgan fingerprint density at radius 2 is 1.62 bits per heavy atom. The van der Waals surface area contributed by atoms with Crippen LogP contribution in [0.4, 0.5) is 5.69 Å². The molecule has 1 saturated heterocycles. The van der Waals surface area contributed by atoms with Crippen molar-refractivity contribution in [2.24, 2.45) is 21.4 Å². The van der Waals surface area contributed by atoms with E-state index >= 15 is 0 Å². The molecule has 4 atom stereocenters. The quantitative estimate of drug-likeness (QED) is 0.251. The lowest BCUT2D eigenvalue weighted by Gasteiger charge is -2.31. The molecule has 0 aromatic heterocycles. The largest absolute Gasteiger partial charge is 0.271 e. The molecule has 1 aliphatic carbocycles. The maximum Gasteiger partial charge on any atom is 0.264 e. The lowest BCUT2D eigenvalue weighted by Crippen LogP contribution is -2.45. The number of anilines is 1. The van der Waals surface area contributed by atoms with E-state index in [-0.39, 0.29) is 12.5 Å². The molecule has 2 fully saturated rings. The van der Waals surface area contributed by atoms with Crippen molar-refractivity contribution in [2.45, 2.75) is 51.2 Å². The van der Waals surface area contributed by atoms with Crippen molar-refractivity contribution in [1.82, 2.24) is 10.0 Å². The molecule has 240 valence electrons. The van der Waals surface area contributed by atoms with Gasteiger partial charge >= 0.3 is 0 Å². The van der Waals surface area contributed by atoms with Gasteiger partial charge in [0.2, 0.25) is 0 Å². The van der Waals surface area contributed by atoms with Gasteiger partial charge in [0, 0.05) is 26.0 Å². The molecule has 13 heteroatoms. The molecule has 0 radical (unpaired) electrons. The number of hydrogen-bond acceptors (Lipinski definition) is 7. The fourth-order valence-corrected chi connectivity index (χ4v) is 7.99. The van der Waals surface area contributed by atoms with Crippen molar-refractivity contribution in [2.75, 3.05) is 11.4 Å². The SMILES string of the molecule is Cc1cccc(C)c1N1C(=O)[C@@H]2[C@@H](N=NN2CC(=O)N2N=C3/C(=C/c4ccc(Cl)cc4Cl)CCC[C@@H]3[C@@H]2c2ccc(Cl)cc2Cl)C1=O. The zero-order valence-corrected chi connectivity index (χ0v) is 28.4. The van der Waals surface area contributed by atoms with E-state index in [1.165, 1.54) is 14.9 Å². The van der Waals surface area contributed by atoms with Crippen molar-refractivity contribution in [3.05, 3.63) is 103 Å². The van der Waals surface area contributed by atoms with Gasteiger partial charge in [-0.1, -0.05) is 82.0 Å². The minimum absolute atomic E-state index is 0.161. The molecule has 0 unspecified atom stereocenters. The summed E-state index contributed by atoms with van der Waals surface area (Å²) in [4.78, 5) is 42.6. The monoisotopic (exact) mass is 708 g/mol. The van der Waals surface area contributed by atoms with Crippen LogP contribution in [0.15, 0.2) is 75.6 Å². The van der Waals surface area contributed by atoms with E-state index in [2.05, 4.69) is 10.3 Å². The van der Waals surface area contributed by atoms with E-state index < -0.39 is 35.8 Å². The number of amides is 3. The van der Waals surface area contributed by atoms with Crippen molar-refractivity contribution >= 4 is 81.6 Å². The van der Waals surface area contributed by atoms with E-state index in [4.69, 9.17) is 51.5 Å². The lowest BCUT2D eigenvalue weighted by atomic mass is 9.77. The standard InChI is InChI=1S/C34H28Cl4N6O3/c1-17-5-3-6-18(2)30(17)43-33(46)29-32(34(43)47)42(41-39-29)16-27(45)44-31(23-12-11-22(36)15-26(23)38)24-8-4-7-20(28(24)40-44)13-19-9-10-21(35)14-25(19)37/h3,5-6,9-15,24,29,31-32H,4,7-8,16H2,1-2H3/b20-13+/t24-,29+,31-,32-/m0/s1. The number of nitrogens with zero attached hydrogens (tertiary/aromatic N) is 6. The summed E-state index contributed by atoms with van der Waals surface area (Å²) < 4.78 is 0. The Balaban J connectivity index is 1.22. The van der Waals surface area contributed by atoms with Gasteiger partial charge in [0.05, 0.1) is 17.4 Å². The van der Waals surface area contributed by atoms with E-state index in [1.807, 2.05) is 50.3 Å². The number of para-hydroxylation sites is 1. The van der Waals surface area contributed by atoms with Crippen LogP contribution in [0.2, 0.25) is 20.1 Å². The lowest BCUT2D eigenvalue weighted by molar-refractivity contribution is -0.136. The van der Waals surface area contributed by atoms with E-state index in [1.54, 1.807) is 24.3 Å². The van der Waals surface area contributed by atoms with Gasteiger partial charge in [0.1, 0.15) is 6.54 Å². The molecule has 4 aliphatic rings. The number of hydrogen-bond donors (Lipinski definition) is 0. The van der Waals surface area contributed by atoms with Gasteiger partial charge < -0.3 is 0 Å². The summed E-state index contributed by atoms with van der Waals surface area (Å²) in [5.41, 5.74) is 5.32. The Bertz CT molecular complexity index is 1920. The van der Waals surface area contributed by atoms with Crippen LogP contribution in [0, 0.1) is 19.8 Å². The first-order chi connectivity index (χ1) is 22.5. The summed E-state index contributed by atoms with van der Waals surface area (Å²) in [7, 11) is 0. The third-order valence-corrected chi connectivity index (χ3v) is 10.3. The summed E-state index contributed by atoms with van der Waals surface area (Å²) in [5, 5.41) is 17.8. The number of halogens is 4. The Morgan fingerprint density at radius 3 is 2.32 bits per heavy atom. The van der Waals surface area contributed by atoms with Crippen molar-refractivity contribution < 1.29 is 14.4 Å². The molecular weight excluding hydrogens is 682 g/mol. The fourth-order valence-electron chi connectivity index (χ4n) is 7.01. The molecule has 3 aromatic carbocycles. The van der Waals surface area contributed by atoms with Gasteiger partial charge in [-0.25, -0.2) is 9.91 Å². The molecule has 3 aliphatic heterocycles. The van der Waals surface area contributed by atoms with Crippen LogP contribution in [-0.4, -0.2) is 52.1 Å². The molecule has 0 spiro atoms. The Morgan fingerprint density at radius 1 is 0.915 bits per heavy atom. The van der Waals surface area contributed by atoms with Crippen LogP contribution < -0.4 is 4.90 Å². The number of fused-ring (bicyclic) bond motifs is 2. The molecule has 7 rings (SSSR count). The Kier molecular flexibility index (Phi) is 8.37. The van der Waals surface area contributed by atoms with Crippen molar-refractivity contribution in [1.29, 1.82) is 0 Å². The molecule has 3 aromatic rings. The number of hydrazone groups is 1.